The first kappa shape index (κ1) is 6.92. The fourth-order valence-electron chi connectivity index (χ4n) is 1.42. The molecule has 2 nitrogen and oxygen atoms in total. The van der Waals surface area contributed by atoms with Gasteiger partial charge in [-0.2, -0.15) is 0 Å². The normalized spacial score (nSPS) is 35.7. The van der Waals surface area contributed by atoms with Crippen LogP contribution in [0.1, 0.15) is 24.9 Å². The van der Waals surface area contributed by atoms with Gasteiger partial charge in [-0.3, -0.25) is 0 Å². The molecule has 0 spiro atoms. The first-order chi connectivity index (χ1) is 5.13. The quantitative estimate of drug-likeness (QED) is 0.661. The van der Waals surface area contributed by atoms with Crippen LogP contribution < -0.4 is 5.73 Å². The standard InChI is InChI=1S/C9H13NO/c1-6-3-4-8(11-6)9(2)5-7(9)10/h3-4,7H,5,10H2,1-2H3. The minimum Gasteiger partial charge on any atom is -0.466 e. The lowest BCUT2D eigenvalue weighted by Gasteiger charge is -2.03. The van der Waals surface area contributed by atoms with E-state index in [1.807, 2.05) is 19.1 Å². The third-order valence-electron chi connectivity index (χ3n) is 2.61. The SMILES string of the molecule is Cc1ccc(C2(C)CC2N)o1. The third-order valence-corrected chi connectivity index (χ3v) is 2.61. The van der Waals surface area contributed by atoms with Gasteiger partial charge in [-0.25, -0.2) is 0 Å². The van der Waals surface area contributed by atoms with E-state index in [-0.39, 0.29) is 5.41 Å². The number of hydrogen-bond acceptors (Lipinski definition) is 2. The highest BCUT2D eigenvalue weighted by Gasteiger charge is 2.51. The largest absolute Gasteiger partial charge is 0.466 e. The molecular formula is C9H13NO. The van der Waals surface area contributed by atoms with Crippen LogP contribution >= 0.6 is 0 Å². The van der Waals surface area contributed by atoms with E-state index >= 15 is 0 Å². The van der Waals surface area contributed by atoms with Crippen LogP contribution in [0.3, 0.4) is 0 Å². The Bertz CT molecular complexity index is 279. The van der Waals surface area contributed by atoms with E-state index in [0.717, 1.165) is 17.9 Å². The van der Waals surface area contributed by atoms with Crippen LogP contribution in [0.2, 0.25) is 0 Å². The zero-order valence-corrected chi connectivity index (χ0v) is 6.92. The molecule has 1 saturated carbocycles. The van der Waals surface area contributed by atoms with Crippen molar-refractivity contribution in [3.63, 3.8) is 0 Å². The Hall–Kier alpha value is -0.760. The lowest BCUT2D eigenvalue weighted by molar-refractivity contribution is 0.440. The first-order valence-electron chi connectivity index (χ1n) is 3.95. The summed E-state index contributed by atoms with van der Waals surface area (Å²) in [5.74, 6) is 2.02. The third kappa shape index (κ3) is 0.897. The van der Waals surface area contributed by atoms with Crippen LogP contribution in [-0.2, 0) is 5.41 Å². The van der Waals surface area contributed by atoms with Gasteiger partial charge in [-0.15, -0.1) is 0 Å². The molecule has 2 rings (SSSR count). The minimum absolute atomic E-state index is 0.133. The summed E-state index contributed by atoms with van der Waals surface area (Å²) in [4.78, 5) is 0. The van der Waals surface area contributed by atoms with Gasteiger partial charge in [0, 0.05) is 11.5 Å². The van der Waals surface area contributed by atoms with E-state index in [9.17, 15) is 0 Å². The highest BCUT2D eigenvalue weighted by atomic mass is 16.3. The molecule has 1 aliphatic rings. The van der Waals surface area contributed by atoms with Crippen LogP contribution in [0.4, 0.5) is 0 Å². The van der Waals surface area contributed by atoms with Gasteiger partial charge in [0.25, 0.3) is 0 Å². The van der Waals surface area contributed by atoms with Crippen LogP contribution in [0.25, 0.3) is 0 Å². The maximum atomic E-state index is 5.78. The molecule has 2 atom stereocenters. The average molecular weight is 151 g/mol. The smallest absolute Gasteiger partial charge is 0.111 e. The van der Waals surface area contributed by atoms with Crippen molar-refractivity contribution in [1.29, 1.82) is 0 Å². The highest BCUT2D eigenvalue weighted by Crippen LogP contribution is 2.46. The van der Waals surface area contributed by atoms with E-state index in [2.05, 4.69) is 6.92 Å². The molecular weight excluding hydrogens is 138 g/mol. The van der Waals surface area contributed by atoms with Gasteiger partial charge in [0.15, 0.2) is 0 Å². The van der Waals surface area contributed by atoms with Crippen LogP contribution in [-0.4, -0.2) is 6.04 Å². The summed E-state index contributed by atoms with van der Waals surface area (Å²) in [6.45, 7) is 4.11. The summed E-state index contributed by atoms with van der Waals surface area (Å²) < 4.78 is 5.50. The van der Waals surface area contributed by atoms with Crippen LogP contribution in [0.5, 0.6) is 0 Å². The predicted molar refractivity (Wildman–Crippen MR) is 43.4 cm³/mol. The summed E-state index contributed by atoms with van der Waals surface area (Å²) >= 11 is 0. The van der Waals surface area contributed by atoms with E-state index < -0.39 is 0 Å². The fourth-order valence-corrected chi connectivity index (χ4v) is 1.42. The molecule has 11 heavy (non-hydrogen) atoms. The zero-order valence-electron chi connectivity index (χ0n) is 6.92. The Kier molecular flexibility index (Phi) is 1.19. The molecule has 2 unspecified atom stereocenters. The average Bonchev–Trinajstić information content (AvgIpc) is 2.44. The second kappa shape index (κ2) is 1.89. The number of furan rings is 1. The van der Waals surface area contributed by atoms with Crippen molar-refractivity contribution in [2.24, 2.45) is 5.73 Å². The summed E-state index contributed by atoms with van der Waals surface area (Å²) in [5.41, 5.74) is 5.92. The molecule has 1 aromatic rings. The molecule has 60 valence electrons. The molecule has 0 bridgehead atoms. The number of aryl methyl sites for hydroxylation is 1. The number of rotatable bonds is 1. The van der Waals surface area contributed by atoms with Gasteiger partial charge >= 0.3 is 0 Å². The lowest BCUT2D eigenvalue weighted by atomic mass is 10.1. The summed E-state index contributed by atoms with van der Waals surface area (Å²) in [5, 5.41) is 0. The molecule has 2 heteroatoms. The molecule has 1 aromatic heterocycles. The first-order valence-corrected chi connectivity index (χ1v) is 3.95. The molecule has 0 amide bonds. The van der Waals surface area contributed by atoms with Crippen molar-refractivity contribution in [3.05, 3.63) is 23.7 Å². The van der Waals surface area contributed by atoms with Crippen molar-refractivity contribution in [1.82, 2.24) is 0 Å². The predicted octanol–water partition coefficient (Wildman–Crippen LogP) is 1.58. The summed E-state index contributed by atoms with van der Waals surface area (Å²) in [6.07, 6.45) is 1.06. The van der Waals surface area contributed by atoms with Gasteiger partial charge in [0.2, 0.25) is 0 Å². The second-order valence-electron chi connectivity index (χ2n) is 3.64. The summed E-state index contributed by atoms with van der Waals surface area (Å²) in [7, 11) is 0. The van der Waals surface area contributed by atoms with Crippen molar-refractivity contribution in [3.8, 4) is 0 Å². The Morgan fingerprint density at radius 1 is 1.64 bits per heavy atom. The molecule has 1 aliphatic carbocycles. The topological polar surface area (TPSA) is 39.2 Å². The molecule has 2 N–H and O–H groups in total. The molecule has 0 saturated heterocycles. The second-order valence-corrected chi connectivity index (χ2v) is 3.64. The van der Waals surface area contributed by atoms with Crippen LogP contribution in [0.15, 0.2) is 16.5 Å². The van der Waals surface area contributed by atoms with Crippen LogP contribution in [0, 0.1) is 6.92 Å². The van der Waals surface area contributed by atoms with E-state index in [4.69, 9.17) is 10.2 Å². The van der Waals surface area contributed by atoms with Crippen molar-refractivity contribution < 1.29 is 4.42 Å². The van der Waals surface area contributed by atoms with E-state index in [0.29, 0.717) is 6.04 Å². The fraction of sp³-hybridized carbons (Fsp3) is 0.556. The van der Waals surface area contributed by atoms with Gasteiger partial charge in [0.05, 0.1) is 0 Å². The Labute approximate surface area is 66.4 Å². The molecule has 0 aromatic carbocycles. The molecule has 0 radical (unpaired) electrons. The Morgan fingerprint density at radius 3 is 2.64 bits per heavy atom. The molecule has 1 heterocycles. The highest BCUT2D eigenvalue weighted by molar-refractivity contribution is 5.27. The Morgan fingerprint density at radius 2 is 2.27 bits per heavy atom. The maximum Gasteiger partial charge on any atom is 0.111 e. The van der Waals surface area contributed by atoms with Crippen molar-refractivity contribution >= 4 is 0 Å². The van der Waals surface area contributed by atoms with Crippen molar-refractivity contribution in [2.75, 3.05) is 0 Å². The zero-order chi connectivity index (χ0) is 8.06. The van der Waals surface area contributed by atoms with E-state index in [1.165, 1.54) is 0 Å². The van der Waals surface area contributed by atoms with Gasteiger partial charge in [-0.05, 0) is 25.5 Å². The van der Waals surface area contributed by atoms with Gasteiger partial charge in [0.1, 0.15) is 11.5 Å². The molecule has 0 aliphatic heterocycles. The Balaban J connectivity index is 2.31. The monoisotopic (exact) mass is 151 g/mol. The minimum atomic E-state index is 0.133. The maximum absolute atomic E-state index is 5.78. The lowest BCUT2D eigenvalue weighted by Crippen LogP contribution is -2.13. The van der Waals surface area contributed by atoms with Crippen molar-refractivity contribution in [2.45, 2.75) is 31.7 Å². The van der Waals surface area contributed by atoms with Gasteiger partial charge < -0.3 is 10.2 Å². The van der Waals surface area contributed by atoms with E-state index in [1.54, 1.807) is 0 Å². The summed E-state index contributed by atoms with van der Waals surface area (Å²) in [6, 6.07) is 4.32. The number of nitrogens with two attached hydrogens (primary N) is 1. The van der Waals surface area contributed by atoms with Gasteiger partial charge in [-0.1, -0.05) is 6.92 Å². The molecule has 1 fully saturated rings. The number of hydrogen-bond donors (Lipinski definition) is 1.